The van der Waals surface area contributed by atoms with Gasteiger partial charge in [-0.1, -0.05) is 25.5 Å². The van der Waals surface area contributed by atoms with E-state index in [1.54, 1.807) is 4.68 Å². The third kappa shape index (κ3) is 3.56. The van der Waals surface area contributed by atoms with Gasteiger partial charge in [0.25, 0.3) is 0 Å². The van der Waals surface area contributed by atoms with Gasteiger partial charge in [-0.05, 0) is 38.0 Å². The molecule has 1 aromatic heterocycles. The minimum atomic E-state index is -0.414. The maximum atomic E-state index is 12.8. The summed E-state index contributed by atoms with van der Waals surface area (Å²) in [6.45, 7) is 6.83. The summed E-state index contributed by atoms with van der Waals surface area (Å²) in [5, 5.41) is 7.45. The molecule has 7 heteroatoms. The number of ether oxygens (including phenoxy) is 2. The molecular formula is C19H24N4O3. The number of fused-ring (bicyclic) bond motifs is 1. The van der Waals surface area contributed by atoms with Crippen LogP contribution in [-0.2, 0) is 9.53 Å². The highest BCUT2D eigenvalue weighted by atomic mass is 16.5. The first-order chi connectivity index (χ1) is 12.7. The molecule has 2 aromatic rings. The van der Waals surface area contributed by atoms with E-state index in [0.717, 1.165) is 29.9 Å². The molecule has 1 aromatic carbocycles. The predicted molar refractivity (Wildman–Crippen MR) is 98.0 cm³/mol. The van der Waals surface area contributed by atoms with Crippen LogP contribution in [0.15, 0.2) is 41.9 Å². The molecule has 138 valence electrons. The highest BCUT2D eigenvalue weighted by Crippen LogP contribution is 2.36. The van der Waals surface area contributed by atoms with Crippen molar-refractivity contribution in [3.05, 3.63) is 47.4 Å². The summed E-state index contributed by atoms with van der Waals surface area (Å²) in [4.78, 5) is 17.0. The number of rotatable bonds is 7. The number of nitrogens with zero attached hydrogens (tertiary/aromatic N) is 3. The molecule has 0 aliphatic carbocycles. The molecule has 0 saturated carbocycles. The molecule has 26 heavy (non-hydrogen) atoms. The maximum Gasteiger partial charge on any atom is 0.338 e. The lowest BCUT2D eigenvalue weighted by Crippen LogP contribution is -2.29. The van der Waals surface area contributed by atoms with Crippen molar-refractivity contribution in [2.75, 3.05) is 18.5 Å². The number of unbranched alkanes of at least 4 members (excludes halogenated alkanes) is 1. The summed E-state index contributed by atoms with van der Waals surface area (Å²) >= 11 is 0. The van der Waals surface area contributed by atoms with E-state index in [9.17, 15) is 4.79 Å². The summed E-state index contributed by atoms with van der Waals surface area (Å²) in [6.07, 6.45) is 3.28. The second kappa shape index (κ2) is 8.03. The fourth-order valence-electron chi connectivity index (χ4n) is 2.99. The number of hydrogen-bond donors (Lipinski definition) is 1. The highest BCUT2D eigenvalue weighted by molar-refractivity contribution is 5.92. The monoisotopic (exact) mass is 356 g/mol. The lowest BCUT2D eigenvalue weighted by molar-refractivity contribution is -0.139. The van der Waals surface area contributed by atoms with E-state index >= 15 is 0 Å². The number of hydrogen-bond acceptors (Lipinski definition) is 6. The molecule has 1 aliphatic heterocycles. The van der Waals surface area contributed by atoms with Gasteiger partial charge in [0, 0.05) is 5.70 Å². The number of anilines is 1. The van der Waals surface area contributed by atoms with Crippen molar-refractivity contribution in [3.63, 3.8) is 0 Å². The molecule has 0 radical (unpaired) electrons. The molecule has 1 N–H and O–H groups in total. The van der Waals surface area contributed by atoms with Crippen LogP contribution < -0.4 is 10.1 Å². The predicted octanol–water partition coefficient (Wildman–Crippen LogP) is 3.31. The Hall–Kier alpha value is -2.83. The first-order valence-corrected chi connectivity index (χ1v) is 8.92. The number of benzene rings is 1. The standard InChI is InChI=1S/C19H24N4O3/c1-4-6-10-26-18(24)16-13(3)22-19-20-12-21-23(19)17(16)14-8-7-9-15(11-14)25-5-2/h7-9,11-12,17H,4-6,10H2,1-3H3,(H,20,21,22). The van der Waals surface area contributed by atoms with Crippen LogP contribution in [0.5, 0.6) is 5.75 Å². The van der Waals surface area contributed by atoms with Gasteiger partial charge in [-0.2, -0.15) is 10.1 Å². The third-order valence-corrected chi connectivity index (χ3v) is 4.23. The molecule has 0 saturated heterocycles. The summed E-state index contributed by atoms with van der Waals surface area (Å²) in [5.41, 5.74) is 2.15. The number of carbonyl (C=O) groups is 1. The normalized spacial score (nSPS) is 16.0. The van der Waals surface area contributed by atoms with E-state index in [2.05, 4.69) is 22.3 Å². The molecule has 0 fully saturated rings. The van der Waals surface area contributed by atoms with Crippen molar-refractivity contribution in [2.45, 2.75) is 39.7 Å². The Morgan fingerprint density at radius 2 is 2.19 bits per heavy atom. The number of aromatic nitrogens is 3. The zero-order valence-electron chi connectivity index (χ0n) is 15.4. The van der Waals surface area contributed by atoms with Crippen LogP contribution >= 0.6 is 0 Å². The van der Waals surface area contributed by atoms with Gasteiger partial charge >= 0.3 is 5.97 Å². The maximum absolute atomic E-state index is 12.8. The van der Waals surface area contributed by atoms with Gasteiger partial charge in [0.2, 0.25) is 5.95 Å². The van der Waals surface area contributed by atoms with Crippen LogP contribution in [0.4, 0.5) is 5.95 Å². The van der Waals surface area contributed by atoms with Gasteiger partial charge in [0.05, 0.1) is 18.8 Å². The Bertz CT molecular complexity index is 813. The van der Waals surface area contributed by atoms with Gasteiger partial charge in [0.15, 0.2) is 0 Å². The fraction of sp³-hybridized carbons (Fsp3) is 0.421. The zero-order valence-corrected chi connectivity index (χ0v) is 15.4. The number of nitrogens with one attached hydrogen (secondary N) is 1. The number of allylic oxidation sites excluding steroid dienone is 1. The third-order valence-electron chi connectivity index (χ3n) is 4.23. The van der Waals surface area contributed by atoms with Gasteiger partial charge in [-0.3, -0.25) is 0 Å². The van der Waals surface area contributed by atoms with Crippen LogP contribution in [0.1, 0.15) is 45.2 Å². The van der Waals surface area contributed by atoms with Gasteiger partial charge in [0.1, 0.15) is 18.1 Å². The summed E-state index contributed by atoms with van der Waals surface area (Å²) < 4.78 is 12.8. The minimum absolute atomic E-state index is 0.337. The molecule has 7 nitrogen and oxygen atoms in total. The molecule has 1 unspecified atom stereocenters. The van der Waals surface area contributed by atoms with E-state index in [1.165, 1.54) is 6.33 Å². The average molecular weight is 356 g/mol. The number of carbonyl (C=O) groups excluding carboxylic acids is 1. The van der Waals surface area contributed by atoms with Crippen molar-refractivity contribution in [1.82, 2.24) is 14.8 Å². The van der Waals surface area contributed by atoms with E-state index in [4.69, 9.17) is 9.47 Å². The van der Waals surface area contributed by atoms with Crippen molar-refractivity contribution >= 4 is 11.9 Å². The first kappa shape index (κ1) is 18.0. The van der Waals surface area contributed by atoms with Gasteiger partial charge in [-0.25, -0.2) is 9.48 Å². The number of esters is 1. The van der Waals surface area contributed by atoms with E-state index in [0.29, 0.717) is 24.7 Å². The topological polar surface area (TPSA) is 78.3 Å². The van der Waals surface area contributed by atoms with Crippen molar-refractivity contribution in [2.24, 2.45) is 0 Å². The lowest BCUT2D eigenvalue weighted by Gasteiger charge is -2.28. The molecule has 0 spiro atoms. The average Bonchev–Trinajstić information content (AvgIpc) is 3.09. The van der Waals surface area contributed by atoms with Crippen molar-refractivity contribution in [1.29, 1.82) is 0 Å². The van der Waals surface area contributed by atoms with Crippen molar-refractivity contribution in [3.8, 4) is 5.75 Å². The first-order valence-electron chi connectivity index (χ1n) is 8.92. The molecule has 3 rings (SSSR count). The van der Waals surface area contributed by atoms with Crippen LogP contribution in [0.25, 0.3) is 0 Å². The summed E-state index contributed by atoms with van der Waals surface area (Å²) in [6, 6.07) is 7.28. The summed E-state index contributed by atoms with van der Waals surface area (Å²) in [5.74, 6) is 1.01. The second-order valence-electron chi connectivity index (χ2n) is 6.09. The van der Waals surface area contributed by atoms with E-state index in [-0.39, 0.29) is 5.97 Å². The molecular weight excluding hydrogens is 332 g/mol. The Morgan fingerprint density at radius 3 is 2.96 bits per heavy atom. The molecule has 0 amide bonds. The molecule has 0 bridgehead atoms. The minimum Gasteiger partial charge on any atom is -0.494 e. The van der Waals surface area contributed by atoms with Gasteiger partial charge in [-0.15, -0.1) is 0 Å². The van der Waals surface area contributed by atoms with Crippen LogP contribution in [-0.4, -0.2) is 33.9 Å². The van der Waals surface area contributed by atoms with Gasteiger partial charge < -0.3 is 14.8 Å². The smallest absolute Gasteiger partial charge is 0.338 e. The van der Waals surface area contributed by atoms with Crippen LogP contribution in [0, 0.1) is 0 Å². The quantitative estimate of drug-likeness (QED) is 0.606. The summed E-state index contributed by atoms with van der Waals surface area (Å²) in [7, 11) is 0. The largest absolute Gasteiger partial charge is 0.494 e. The Kier molecular flexibility index (Phi) is 5.55. The Balaban J connectivity index is 2.00. The molecule has 1 aliphatic rings. The van der Waals surface area contributed by atoms with E-state index in [1.807, 2.05) is 38.1 Å². The van der Waals surface area contributed by atoms with Crippen LogP contribution in [0.3, 0.4) is 0 Å². The Morgan fingerprint density at radius 1 is 1.35 bits per heavy atom. The van der Waals surface area contributed by atoms with E-state index < -0.39 is 6.04 Å². The fourth-order valence-corrected chi connectivity index (χ4v) is 2.99. The second-order valence-corrected chi connectivity index (χ2v) is 6.09. The van der Waals surface area contributed by atoms with Crippen LogP contribution in [0.2, 0.25) is 0 Å². The molecule has 1 atom stereocenters. The Labute approximate surface area is 153 Å². The highest BCUT2D eigenvalue weighted by Gasteiger charge is 2.34. The molecule has 2 heterocycles. The van der Waals surface area contributed by atoms with Crippen molar-refractivity contribution < 1.29 is 14.3 Å². The SMILES string of the molecule is CCCCOC(=O)C1=C(C)Nc2ncnn2C1c1cccc(OCC)c1. The lowest BCUT2D eigenvalue weighted by atomic mass is 9.95. The zero-order chi connectivity index (χ0) is 18.5.